The molecule has 2 aromatic carbocycles. The van der Waals surface area contributed by atoms with E-state index in [0.29, 0.717) is 0 Å². The van der Waals surface area contributed by atoms with Crippen LogP contribution in [-0.2, 0) is 13.0 Å². The molecule has 0 radical (unpaired) electrons. The molecule has 1 aliphatic rings. The molecule has 0 aromatic heterocycles. The van der Waals surface area contributed by atoms with E-state index in [9.17, 15) is 0 Å². The van der Waals surface area contributed by atoms with Gasteiger partial charge in [-0.25, -0.2) is 0 Å². The van der Waals surface area contributed by atoms with E-state index < -0.39 is 0 Å². The Morgan fingerprint density at radius 1 is 1.10 bits per heavy atom. The second-order valence-corrected chi connectivity index (χ2v) is 5.56. The van der Waals surface area contributed by atoms with E-state index in [0.717, 1.165) is 25.3 Å². The first-order chi connectivity index (χ1) is 9.74. The average Bonchev–Trinajstić information content (AvgIpc) is 2.46. The van der Waals surface area contributed by atoms with Gasteiger partial charge in [-0.05, 0) is 61.2 Å². The van der Waals surface area contributed by atoms with E-state index in [-0.39, 0.29) is 6.10 Å². The van der Waals surface area contributed by atoms with Crippen LogP contribution in [0.15, 0.2) is 42.5 Å². The number of ether oxygens (including phenoxy) is 1. The van der Waals surface area contributed by atoms with Crippen LogP contribution in [0.5, 0.6) is 5.75 Å². The van der Waals surface area contributed by atoms with Gasteiger partial charge in [-0.15, -0.1) is 0 Å². The van der Waals surface area contributed by atoms with E-state index in [1.165, 1.54) is 22.3 Å². The summed E-state index contributed by atoms with van der Waals surface area (Å²) in [4.78, 5) is 0. The van der Waals surface area contributed by atoms with Crippen LogP contribution in [-0.4, -0.2) is 12.6 Å². The van der Waals surface area contributed by atoms with Crippen LogP contribution in [0, 0.1) is 0 Å². The molecule has 0 spiro atoms. The summed E-state index contributed by atoms with van der Waals surface area (Å²) >= 11 is 0. The Kier molecular flexibility index (Phi) is 3.75. The van der Waals surface area contributed by atoms with Gasteiger partial charge in [0.15, 0.2) is 0 Å². The summed E-state index contributed by atoms with van der Waals surface area (Å²) in [5, 5.41) is 3.47. The van der Waals surface area contributed by atoms with E-state index in [4.69, 9.17) is 4.74 Å². The fraction of sp³-hybridized carbons (Fsp3) is 0.333. The molecule has 1 aliphatic heterocycles. The van der Waals surface area contributed by atoms with Crippen LogP contribution < -0.4 is 10.1 Å². The van der Waals surface area contributed by atoms with Gasteiger partial charge in [0, 0.05) is 6.54 Å². The molecule has 2 aromatic rings. The SMILES string of the molecule is CC(C)Oc1cccc(-c2cccc3c2CNCC3)c1. The lowest BCUT2D eigenvalue weighted by Crippen LogP contribution is -2.24. The van der Waals surface area contributed by atoms with Gasteiger partial charge in [-0.2, -0.15) is 0 Å². The maximum Gasteiger partial charge on any atom is 0.120 e. The molecule has 0 bridgehead atoms. The smallest absolute Gasteiger partial charge is 0.120 e. The Hall–Kier alpha value is -1.80. The van der Waals surface area contributed by atoms with Gasteiger partial charge in [0.05, 0.1) is 6.10 Å². The van der Waals surface area contributed by atoms with Gasteiger partial charge in [-0.1, -0.05) is 30.3 Å². The van der Waals surface area contributed by atoms with Crippen molar-refractivity contribution in [2.24, 2.45) is 0 Å². The Balaban J connectivity index is 2.01. The second kappa shape index (κ2) is 5.68. The van der Waals surface area contributed by atoms with Crippen LogP contribution >= 0.6 is 0 Å². The molecular weight excluding hydrogens is 246 g/mol. The van der Waals surface area contributed by atoms with Crippen LogP contribution in [0.3, 0.4) is 0 Å². The average molecular weight is 267 g/mol. The quantitative estimate of drug-likeness (QED) is 0.913. The largest absolute Gasteiger partial charge is 0.491 e. The first-order valence-corrected chi connectivity index (χ1v) is 7.32. The fourth-order valence-corrected chi connectivity index (χ4v) is 2.79. The van der Waals surface area contributed by atoms with Crippen molar-refractivity contribution < 1.29 is 4.74 Å². The van der Waals surface area contributed by atoms with Gasteiger partial charge in [0.1, 0.15) is 5.75 Å². The number of fused-ring (bicyclic) bond motifs is 1. The van der Waals surface area contributed by atoms with Crippen molar-refractivity contribution in [3.05, 3.63) is 53.6 Å². The molecule has 1 heterocycles. The maximum atomic E-state index is 5.80. The van der Waals surface area contributed by atoms with Gasteiger partial charge < -0.3 is 10.1 Å². The minimum atomic E-state index is 0.205. The minimum absolute atomic E-state index is 0.205. The molecule has 0 amide bonds. The lowest BCUT2D eigenvalue weighted by Gasteiger charge is -2.21. The summed E-state index contributed by atoms with van der Waals surface area (Å²) < 4.78 is 5.80. The van der Waals surface area contributed by atoms with Crippen molar-refractivity contribution in [2.45, 2.75) is 32.9 Å². The van der Waals surface area contributed by atoms with E-state index in [1.54, 1.807) is 0 Å². The molecular formula is C18H21NO. The van der Waals surface area contributed by atoms with Crippen LogP contribution in [0.1, 0.15) is 25.0 Å². The Bertz CT molecular complexity index is 604. The molecule has 0 unspecified atom stereocenters. The maximum absolute atomic E-state index is 5.80. The third-order valence-corrected chi connectivity index (χ3v) is 3.66. The first-order valence-electron chi connectivity index (χ1n) is 7.32. The van der Waals surface area contributed by atoms with Crippen molar-refractivity contribution in [3.63, 3.8) is 0 Å². The van der Waals surface area contributed by atoms with Crippen LogP contribution in [0.25, 0.3) is 11.1 Å². The van der Waals surface area contributed by atoms with E-state index in [2.05, 4.69) is 55.6 Å². The number of benzene rings is 2. The lowest BCUT2D eigenvalue weighted by molar-refractivity contribution is 0.242. The van der Waals surface area contributed by atoms with Crippen LogP contribution in [0.4, 0.5) is 0 Å². The highest BCUT2D eigenvalue weighted by molar-refractivity contribution is 5.70. The van der Waals surface area contributed by atoms with Crippen molar-refractivity contribution in [1.82, 2.24) is 5.32 Å². The zero-order valence-corrected chi connectivity index (χ0v) is 12.1. The summed E-state index contributed by atoms with van der Waals surface area (Å²) in [5.74, 6) is 0.943. The van der Waals surface area contributed by atoms with Gasteiger partial charge in [0.25, 0.3) is 0 Å². The Morgan fingerprint density at radius 2 is 1.95 bits per heavy atom. The molecule has 1 N–H and O–H groups in total. The topological polar surface area (TPSA) is 21.3 Å². The molecule has 3 rings (SSSR count). The minimum Gasteiger partial charge on any atom is -0.491 e. The fourth-order valence-electron chi connectivity index (χ4n) is 2.79. The molecule has 0 aliphatic carbocycles. The van der Waals surface area contributed by atoms with Crippen LogP contribution in [0.2, 0.25) is 0 Å². The Labute approximate surface area is 120 Å². The predicted octanol–water partition coefficient (Wildman–Crippen LogP) is 3.79. The standard InChI is InChI=1S/C18H21NO/c1-13(2)20-16-7-3-6-15(11-16)17-8-4-5-14-9-10-19-12-18(14)17/h3-8,11,13,19H,9-10,12H2,1-2H3. The van der Waals surface area contributed by atoms with Crippen molar-refractivity contribution in [1.29, 1.82) is 0 Å². The number of hydrogen-bond acceptors (Lipinski definition) is 2. The predicted molar refractivity (Wildman–Crippen MR) is 83.1 cm³/mol. The molecule has 0 saturated heterocycles. The summed E-state index contributed by atoms with van der Waals surface area (Å²) in [6, 6.07) is 15.0. The summed E-state index contributed by atoms with van der Waals surface area (Å²) in [6.07, 6.45) is 1.32. The first kappa shape index (κ1) is 13.2. The van der Waals surface area contributed by atoms with Crippen molar-refractivity contribution in [2.75, 3.05) is 6.54 Å². The number of hydrogen-bond donors (Lipinski definition) is 1. The Morgan fingerprint density at radius 3 is 2.80 bits per heavy atom. The summed E-state index contributed by atoms with van der Waals surface area (Å²) in [7, 11) is 0. The summed E-state index contributed by atoms with van der Waals surface area (Å²) in [5.41, 5.74) is 5.46. The van der Waals surface area contributed by atoms with Gasteiger partial charge in [0.2, 0.25) is 0 Å². The zero-order valence-electron chi connectivity index (χ0n) is 12.1. The number of nitrogens with one attached hydrogen (secondary N) is 1. The van der Waals surface area contributed by atoms with Gasteiger partial charge in [-0.3, -0.25) is 0 Å². The van der Waals surface area contributed by atoms with Gasteiger partial charge >= 0.3 is 0 Å². The molecule has 104 valence electrons. The highest BCUT2D eigenvalue weighted by atomic mass is 16.5. The molecule has 0 saturated carbocycles. The third kappa shape index (κ3) is 2.70. The van der Waals surface area contributed by atoms with E-state index in [1.807, 2.05) is 6.07 Å². The van der Waals surface area contributed by atoms with E-state index >= 15 is 0 Å². The molecule has 20 heavy (non-hydrogen) atoms. The highest BCUT2D eigenvalue weighted by Crippen LogP contribution is 2.30. The molecule has 0 atom stereocenters. The molecule has 0 fully saturated rings. The lowest BCUT2D eigenvalue weighted by atomic mass is 9.92. The number of rotatable bonds is 3. The molecule has 2 nitrogen and oxygen atoms in total. The monoisotopic (exact) mass is 267 g/mol. The molecule has 2 heteroatoms. The van der Waals surface area contributed by atoms with Crippen molar-refractivity contribution >= 4 is 0 Å². The third-order valence-electron chi connectivity index (χ3n) is 3.66. The normalized spacial score (nSPS) is 14.2. The van der Waals surface area contributed by atoms with Crippen molar-refractivity contribution in [3.8, 4) is 16.9 Å². The second-order valence-electron chi connectivity index (χ2n) is 5.56. The highest BCUT2D eigenvalue weighted by Gasteiger charge is 2.13. The zero-order chi connectivity index (χ0) is 13.9. The summed E-state index contributed by atoms with van der Waals surface area (Å²) in [6.45, 7) is 6.15.